The van der Waals surface area contributed by atoms with Crippen molar-refractivity contribution in [2.24, 2.45) is 0 Å². The monoisotopic (exact) mass is 297 g/mol. The van der Waals surface area contributed by atoms with Gasteiger partial charge in [-0.2, -0.15) is 0 Å². The topological polar surface area (TPSA) is 131 Å². The zero-order valence-corrected chi connectivity index (χ0v) is 11.2. The molecule has 1 rings (SSSR count). The molecule has 0 spiro atoms. The number of carboxylic acids is 1. The Morgan fingerprint density at radius 3 is 2.67 bits per heavy atom. The quantitative estimate of drug-likeness (QED) is 0.462. The summed E-state index contributed by atoms with van der Waals surface area (Å²) in [5.41, 5.74) is 0.00763. The highest BCUT2D eigenvalue weighted by Crippen LogP contribution is 2.22. The Balaban J connectivity index is 2.61. The molecule has 0 aliphatic heterocycles. The maximum Gasteiger partial charge on any atom is 0.328 e. The third-order valence-corrected chi connectivity index (χ3v) is 2.51. The van der Waals surface area contributed by atoms with E-state index in [2.05, 4.69) is 15.4 Å². The summed E-state index contributed by atoms with van der Waals surface area (Å²) in [4.78, 5) is 32.7. The number of para-hydroxylation sites is 2. The van der Waals surface area contributed by atoms with Crippen molar-refractivity contribution in [3.05, 3.63) is 34.4 Å². The van der Waals surface area contributed by atoms with Gasteiger partial charge in [0.05, 0.1) is 18.1 Å². The van der Waals surface area contributed by atoms with Crippen LogP contribution in [0.1, 0.15) is 0 Å². The number of hydrogen-bond donors (Lipinski definition) is 3. The number of amides is 1. The molecule has 1 aromatic rings. The van der Waals surface area contributed by atoms with E-state index in [4.69, 9.17) is 5.11 Å². The molecule has 3 N–H and O–H groups in total. The first-order valence-electron chi connectivity index (χ1n) is 5.94. The lowest BCUT2D eigenvalue weighted by Gasteiger charge is -2.14. The molecule has 0 fully saturated rings. The second kappa shape index (κ2) is 7.80. The molecule has 0 aliphatic carbocycles. The van der Waals surface area contributed by atoms with Gasteiger partial charge in [-0.05, 0) is 6.07 Å². The molecular formula is C12H15N3O6. The molecule has 114 valence electrons. The van der Waals surface area contributed by atoms with Gasteiger partial charge in [0.2, 0.25) is 5.91 Å². The number of carbonyl (C=O) groups excluding carboxylic acids is 1. The lowest BCUT2D eigenvalue weighted by atomic mass is 10.2. The summed E-state index contributed by atoms with van der Waals surface area (Å²) in [6, 6.07) is 4.66. The lowest BCUT2D eigenvalue weighted by Crippen LogP contribution is -2.45. The number of methoxy groups -OCH3 is 1. The number of aliphatic carboxylic acids is 1. The van der Waals surface area contributed by atoms with Crippen LogP contribution < -0.4 is 10.6 Å². The van der Waals surface area contributed by atoms with Gasteiger partial charge in [0.1, 0.15) is 5.69 Å². The fraction of sp³-hybridized carbons (Fsp3) is 0.333. The predicted octanol–water partition coefficient (Wildman–Crippen LogP) is 0.222. The van der Waals surface area contributed by atoms with Crippen LogP contribution in [0.15, 0.2) is 24.3 Å². The highest BCUT2D eigenvalue weighted by molar-refractivity contribution is 5.86. The molecule has 0 saturated heterocycles. The number of hydrogen-bond acceptors (Lipinski definition) is 6. The third kappa shape index (κ3) is 5.07. The van der Waals surface area contributed by atoms with Crippen LogP contribution in [0.5, 0.6) is 0 Å². The molecule has 1 amide bonds. The van der Waals surface area contributed by atoms with Crippen molar-refractivity contribution in [1.82, 2.24) is 5.32 Å². The van der Waals surface area contributed by atoms with Crippen molar-refractivity contribution in [1.29, 1.82) is 0 Å². The van der Waals surface area contributed by atoms with E-state index >= 15 is 0 Å². The highest BCUT2D eigenvalue weighted by atomic mass is 16.6. The molecule has 1 aromatic carbocycles. The molecule has 1 unspecified atom stereocenters. The smallest absolute Gasteiger partial charge is 0.328 e. The number of ether oxygens (including phenoxy) is 1. The Morgan fingerprint density at radius 1 is 1.43 bits per heavy atom. The van der Waals surface area contributed by atoms with Crippen molar-refractivity contribution in [2.45, 2.75) is 6.04 Å². The van der Waals surface area contributed by atoms with Crippen LogP contribution in [0, 0.1) is 10.1 Å². The summed E-state index contributed by atoms with van der Waals surface area (Å²) < 4.78 is 4.67. The molecular weight excluding hydrogens is 282 g/mol. The minimum Gasteiger partial charge on any atom is -0.480 e. The van der Waals surface area contributed by atoms with E-state index in [9.17, 15) is 19.7 Å². The average molecular weight is 297 g/mol. The van der Waals surface area contributed by atoms with Crippen LogP contribution in [-0.2, 0) is 14.3 Å². The van der Waals surface area contributed by atoms with Gasteiger partial charge in [-0.15, -0.1) is 0 Å². The minimum atomic E-state index is -1.23. The Hall–Kier alpha value is -2.68. The van der Waals surface area contributed by atoms with E-state index in [1.807, 2.05) is 0 Å². The summed E-state index contributed by atoms with van der Waals surface area (Å²) in [7, 11) is 1.31. The molecule has 9 heteroatoms. The first-order valence-corrected chi connectivity index (χ1v) is 5.94. The summed E-state index contributed by atoms with van der Waals surface area (Å²) in [5.74, 6) is -1.84. The van der Waals surface area contributed by atoms with Crippen LogP contribution in [0.4, 0.5) is 11.4 Å². The van der Waals surface area contributed by atoms with Crippen LogP contribution >= 0.6 is 0 Å². The fourth-order valence-electron chi connectivity index (χ4n) is 1.54. The minimum absolute atomic E-state index is 0.169. The molecule has 0 radical (unpaired) electrons. The summed E-state index contributed by atoms with van der Waals surface area (Å²) in [6.07, 6.45) is 0. The zero-order chi connectivity index (χ0) is 15.8. The van der Waals surface area contributed by atoms with E-state index in [-0.39, 0.29) is 24.5 Å². The second-order valence-corrected chi connectivity index (χ2v) is 4.04. The summed E-state index contributed by atoms with van der Waals surface area (Å²) in [5, 5.41) is 24.5. The van der Waals surface area contributed by atoms with Gasteiger partial charge in [-0.3, -0.25) is 14.9 Å². The van der Waals surface area contributed by atoms with Crippen LogP contribution in [-0.4, -0.2) is 48.2 Å². The van der Waals surface area contributed by atoms with Crippen molar-refractivity contribution >= 4 is 23.3 Å². The average Bonchev–Trinajstić information content (AvgIpc) is 2.44. The largest absolute Gasteiger partial charge is 0.480 e. The van der Waals surface area contributed by atoms with E-state index in [1.54, 1.807) is 6.07 Å². The van der Waals surface area contributed by atoms with Crippen molar-refractivity contribution < 1.29 is 24.4 Å². The van der Waals surface area contributed by atoms with Crippen LogP contribution in [0.2, 0.25) is 0 Å². The number of nitro benzene ring substituents is 1. The van der Waals surface area contributed by atoms with Crippen LogP contribution in [0.3, 0.4) is 0 Å². The number of benzene rings is 1. The number of rotatable bonds is 8. The zero-order valence-electron chi connectivity index (χ0n) is 11.2. The van der Waals surface area contributed by atoms with Crippen molar-refractivity contribution in [3.8, 4) is 0 Å². The Kier molecular flexibility index (Phi) is 6.08. The summed E-state index contributed by atoms with van der Waals surface area (Å²) in [6.45, 7) is -0.467. The van der Waals surface area contributed by atoms with Gasteiger partial charge >= 0.3 is 5.97 Å². The first-order chi connectivity index (χ1) is 9.95. The highest BCUT2D eigenvalue weighted by Gasteiger charge is 2.20. The van der Waals surface area contributed by atoms with E-state index in [0.717, 1.165) is 0 Å². The molecule has 0 aliphatic rings. The number of carboxylic acid groups (broad SMARTS) is 1. The molecule has 21 heavy (non-hydrogen) atoms. The Morgan fingerprint density at radius 2 is 2.10 bits per heavy atom. The summed E-state index contributed by atoms with van der Waals surface area (Å²) >= 11 is 0. The number of anilines is 1. The number of nitrogens with one attached hydrogen (secondary N) is 2. The normalized spacial score (nSPS) is 11.5. The predicted molar refractivity (Wildman–Crippen MR) is 73.0 cm³/mol. The fourth-order valence-corrected chi connectivity index (χ4v) is 1.54. The standard InChI is InChI=1S/C12H15N3O6/c1-21-7-9(12(17)18)14-11(16)6-13-8-4-2-3-5-10(8)15(19)20/h2-5,9,13H,6-7H2,1H3,(H,14,16)(H,17,18). The van der Waals surface area contributed by atoms with Gasteiger partial charge in [-0.25, -0.2) is 4.79 Å². The SMILES string of the molecule is COCC(NC(=O)CNc1ccccc1[N+](=O)[O-])C(=O)O. The third-order valence-electron chi connectivity index (χ3n) is 2.51. The van der Waals surface area contributed by atoms with Gasteiger partial charge in [0.25, 0.3) is 5.69 Å². The Labute approximate surface area is 120 Å². The first kappa shape index (κ1) is 16.4. The molecule has 0 bridgehead atoms. The second-order valence-electron chi connectivity index (χ2n) is 4.04. The maximum absolute atomic E-state index is 11.6. The molecule has 1 atom stereocenters. The number of nitrogens with zero attached hydrogens (tertiary/aromatic N) is 1. The molecule has 0 heterocycles. The maximum atomic E-state index is 11.6. The van der Waals surface area contributed by atoms with E-state index in [0.29, 0.717) is 0 Å². The van der Waals surface area contributed by atoms with E-state index < -0.39 is 22.8 Å². The number of nitro groups is 1. The Bertz CT molecular complexity index is 533. The van der Waals surface area contributed by atoms with Gasteiger partial charge in [0, 0.05) is 13.2 Å². The van der Waals surface area contributed by atoms with Crippen LogP contribution in [0.25, 0.3) is 0 Å². The van der Waals surface area contributed by atoms with Crippen molar-refractivity contribution in [2.75, 3.05) is 25.6 Å². The van der Waals surface area contributed by atoms with Gasteiger partial charge in [-0.1, -0.05) is 12.1 Å². The molecule has 0 saturated carbocycles. The molecule has 9 nitrogen and oxygen atoms in total. The van der Waals surface area contributed by atoms with Crippen molar-refractivity contribution in [3.63, 3.8) is 0 Å². The lowest BCUT2D eigenvalue weighted by molar-refractivity contribution is -0.383. The molecule has 0 aromatic heterocycles. The van der Waals surface area contributed by atoms with Gasteiger partial charge < -0.3 is 20.5 Å². The van der Waals surface area contributed by atoms with Gasteiger partial charge in [0.15, 0.2) is 6.04 Å². The number of carbonyl (C=O) groups is 2. The van der Waals surface area contributed by atoms with E-state index in [1.165, 1.54) is 25.3 Å².